The van der Waals surface area contributed by atoms with Crippen molar-refractivity contribution in [3.05, 3.63) is 18.7 Å². The van der Waals surface area contributed by atoms with E-state index < -0.39 is 0 Å². The number of nitrogens with one attached hydrogen (secondary N) is 2. The van der Waals surface area contributed by atoms with Crippen molar-refractivity contribution >= 4 is 5.91 Å². The van der Waals surface area contributed by atoms with E-state index in [1.807, 2.05) is 17.7 Å². The number of piperidine rings is 1. The van der Waals surface area contributed by atoms with Crippen LogP contribution in [-0.4, -0.2) is 34.6 Å². The molecule has 1 aromatic heterocycles. The third kappa shape index (κ3) is 3.10. The summed E-state index contributed by atoms with van der Waals surface area (Å²) in [5, 5.41) is 6.41. The first-order valence-electron chi connectivity index (χ1n) is 6.57. The molecule has 2 rings (SSSR count). The molecule has 2 N–H and O–H groups in total. The van der Waals surface area contributed by atoms with Crippen molar-refractivity contribution < 1.29 is 4.79 Å². The number of carbonyl (C=O) groups is 1. The Morgan fingerprint density at radius 1 is 1.56 bits per heavy atom. The lowest BCUT2D eigenvalue weighted by Gasteiger charge is -2.33. The highest BCUT2D eigenvalue weighted by Crippen LogP contribution is 2.28. The summed E-state index contributed by atoms with van der Waals surface area (Å²) in [6, 6.07) is 0.124. The molecule has 2 heterocycles. The summed E-state index contributed by atoms with van der Waals surface area (Å²) in [7, 11) is 0. The summed E-state index contributed by atoms with van der Waals surface area (Å²) in [5.74, 6) is 0.177. The summed E-state index contributed by atoms with van der Waals surface area (Å²) in [5.41, 5.74) is -0.214. The fraction of sp³-hybridized carbons (Fsp3) is 0.692. The quantitative estimate of drug-likeness (QED) is 0.830. The first-order chi connectivity index (χ1) is 8.60. The maximum Gasteiger partial charge on any atom is 0.226 e. The molecule has 1 aliphatic rings. The molecule has 1 aromatic rings. The summed E-state index contributed by atoms with van der Waals surface area (Å²) in [4.78, 5) is 16.3. The maximum atomic E-state index is 12.3. The zero-order chi connectivity index (χ0) is 13.0. The van der Waals surface area contributed by atoms with E-state index in [1.165, 1.54) is 0 Å². The predicted octanol–water partition coefficient (Wildman–Crippen LogP) is 0.777. The number of hydrogen-bond donors (Lipinski definition) is 2. The molecule has 1 atom stereocenters. The second-order valence-corrected chi connectivity index (χ2v) is 5.44. The van der Waals surface area contributed by atoms with Crippen LogP contribution in [0, 0.1) is 5.41 Å². The van der Waals surface area contributed by atoms with Gasteiger partial charge in [0.2, 0.25) is 5.91 Å². The van der Waals surface area contributed by atoms with Crippen molar-refractivity contribution in [2.24, 2.45) is 5.41 Å². The lowest BCUT2D eigenvalue weighted by molar-refractivity contribution is -0.132. The molecule has 18 heavy (non-hydrogen) atoms. The van der Waals surface area contributed by atoms with Crippen molar-refractivity contribution in [1.29, 1.82) is 0 Å². The number of amides is 1. The van der Waals surface area contributed by atoms with Gasteiger partial charge in [0, 0.05) is 30.4 Å². The highest BCUT2D eigenvalue weighted by molar-refractivity contribution is 5.82. The minimum atomic E-state index is -0.214. The van der Waals surface area contributed by atoms with Crippen LogP contribution in [0.5, 0.6) is 0 Å². The van der Waals surface area contributed by atoms with Crippen LogP contribution in [0.1, 0.15) is 26.7 Å². The van der Waals surface area contributed by atoms with Crippen LogP contribution in [0.4, 0.5) is 0 Å². The first-order valence-corrected chi connectivity index (χ1v) is 6.57. The smallest absolute Gasteiger partial charge is 0.226 e. The molecule has 0 bridgehead atoms. The summed E-state index contributed by atoms with van der Waals surface area (Å²) >= 11 is 0. The summed E-state index contributed by atoms with van der Waals surface area (Å²) in [6.07, 6.45) is 7.26. The lowest BCUT2D eigenvalue weighted by Crippen LogP contribution is -2.48. The average Bonchev–Trinajstić information content (AvgIpc) is 2.82. The Morgan fingerprint density at radius 3 is 2.89 bits per heavy atom. The molecule has 0 spiro atoms. The Balaban J connectivity index is 1.86. The van der Waals surface area contributed by atoms with E-state index in [1.54, 1.807) is 12.5 Å². The van der Waals surface area contributed by atoms with Crippen molar-refractivity contribution in [3.8, 4) is 0 Å². The van der Waals surface area contributed by atoms with E-state index >= 15 is 0 Å². The molecule has 0 radical (unpaired) electrons. The van der Waals surface area contributed by atoms with E-state index in [9.17, 15) is 4.79 Å². The van der Waals surface area contributed by atoms with Crippen LogP contribution < -0.4 is 10.6 Å². The molecule has 1 fully saturated rings. The fourth-order valence-electron chi connectivity index (χ4n) is 2.36. The van der Waals surface area contributed by atoms with Crippen LogP contribution >= 0.6 is 0 Å². The van der Waals surface area contributed by atoms with Gasteiger partial charge in [-0.05, 0) is 32.9 Å². The largest absolute Gasteiger partial charge is 0.351 e. The summed E-state index contributed by atoms with van der Waals surface area (Å²) in [6.45, 7) is 6.72. The fourth-order valence-corrected chi connectivity index (χ4v) is 2.36. The Labute approximate surface area is 108 Å². The van der Waals surface area contributed by atoms with Crippen molar-refractivity contribution in [2.75, 3.05) is 13.1 Å². The van der Waals surface area contributed by atoms with E-state index in [4.69, 9.17) is 0 Å². The number of nitrogens with zero attached hydrogens (tertiary/aromatic N) is 2. The van der Waals surface area contributed by atoms with E-state index in [2.05, 4.69) is 22.5 Å². The standard InChI is InChI=1S/C13H22N4O/c1-11(9-17-8-7-15-10-17)16-12(18)13(2)3-5-14-6-4-13/h7-8,10-11,14H,3-6,9H2,1-2H3,(H,16,18). The van der Waals surface area contributed by atoms with Gasteiger partial charge in [-0.3, -0.25) is 4.79 Å². The van der Waals surface area contributed by atoms with Gasteiger partial charge in [-0.2, -0.15) is 0 Å². The van der Waals surface area contributed by atoms with Gasteiger partial charge in [0.05, 0.1) is 6.33 Å². The molecule has 1 unspecified atom stereocenters. The molecular weight excluding hydrogens is 228 g/mol. The van der Waals surface area contributed by atoms with Crippen LogP contribution in [0.3, 0.4) is 0 Å². The highest BCUT2D eigenvalue weighted by Gasteiger charge is 2.34. The molecule has 0 saturated carbocycles. The Bertz CT molecular complexity index is 382. The van der Waals surface area contributed by atoms with Crippen LogP contribution in [-0.2, 0) is 11.3 Å². The molecule has 5 heteroatoms. The predicted molar refractivity (Wildman–Crippen MR) is 70.0 cm³/mol. The number of hydrogen-bond acceptors (Lipinski definition) is 3. The zero-order valence-electron chi connectivity index (χ0n) is 11.1. The molecule has 5 nitrogen and oxygen atoms in total. The Morgan fingerprint density at radius 2 is 2.28 bits per heavy atom. The average molecular weight is 250 g/mol. The molecule has 0 aromatic carbocycles. The zero-order valence-corrected chi connectivity index (χ0v) is 11.1. The number of rotatable bonds is 4. The Hall–Kier alpha value is -1.36. The molecule has 100 valence electrons. The van der Waals surface area contributed by atoms with Crippen molar-refractivity contribution in [3.63, 3.8) is 0 Å². The maximum absolute atomic E-state index is 12.3. The van der Waals surface area contributed by atoms with Gasteiger partial charge in [0.1, 0.15) is 0 Å². The number of carbonyl (C=O) groups excluding carboxylic acids is 1. The highest BCUT2D eigenvalue weighted by atomic mass is 16.2. The minimum Gasteiger partial charge on any atom is -0.351 e. The van der Waals surface area contributed by atoms with Gasteiger partial charge in [0.25, 0.3) is 0 Å². The van der Waals surface area contributed by atoms with Gasteiger partial charge in [-0.15, -0.1) is 0 Å². The number of aromatic nitrogens is 2. The SMILES string of the molecule is CC(Cn1ccnc1)NC(=O)C1(C)CCNCC1. The van der Waals surface area contributed by atoms with Gasteiger partial charge in [-0.25, -0.2) is 4.98 Å². The monoisotopic (exact) mass is 250 g/mol. The first kappa shape index (κ1) is 13.1. The van der Waals surface area contributed by atoms with Gasteiger partial charge in [0.15, 0.2) is 0 Å². The normalized spacial score (nSPS) is 20.3. The van der Waals surface area contributed by atoms with Gasteiger partial charge in [-0.1, -0.05) is 6.92 Å². The molecular formula is C13H22N4O. The van der Waals surface area contributed by atoms with E-state index in [0.717, 1.165) is 32.5 Å². The van der Waals surface area contributed by atoms with E-state index in [-0.39, 0.29) is 17.4 Å². The minimum absolute atomic E-state index is 0.124. The second-order valence-electron chi connectivity index (χ2n) is 5.44. The van der Waals surface area contributed by atoms with Crippen LogP contribution in [0.25, 0.3) is 0 Å². The molecule has 1 amide bonds. The third-order valence-corrected chi connectivity index (χ3v) is 3.68. The van der Waals surface area contributed by atoms with Crippen LogP contribution in [0.2, 0.25) is 0 Å². The van der Waals surface area contributed by atoms with Crippen molar-refractivity contribution in [2.45, 2.75) is 39.3 Å². The van der Waals surface area contributed by atoms with Crippen molar-refractivity contribution in [1.82, 2.24) is 20.2 Å². The molecule has 1 aliphatic heterocycles. The molecule has 1 saturated heterocycles. The number of imidazole rings is 1. The second kappa shape index (κ2) is 5.52. The summed E-state index contributed by atoms with van der Waals surface area (Å²) < 4.78 is 1.98. The van der Waals surface area contributed by atoms with E-state index in [0.29, 0.717) is 0 Å². The molecule has 0 aliphatic carbocycles. The Kier molecular flexibility index (Phi) is 4.01. The van der Waals surface area contributed by atoms with Gasteiger partial charge >= 0.3 is 0 Å². The third-order valence-electron chi connectivity index (χ3n) is 3.68. The van der Waals surface area contributed by atoms with Gasteiger partial charge < -0.3 is 15.2 Å². The topological polar surface area (TPSA) is 59.0 Å². The lowest BCUT2D eigenvalue weighted by atomic mass is 9.80. The van der Waals surface area contributed by atoms with Crippen LogP contribution in [0.15, 0.2) is 18.7 Å².